The Morgan fingerprint density at radius 2 is 1.88 bits per heavy atom. The molecule has 0 heterocycles. The van der Waals surface area contributed by atoms with Crippen LogP contribution in [0.4, 0.5) is 5.69 Å². The van der Waals surface area contributed by atoms with Crippen LogP contribution in [-0.4, -0.2) is 25.2 Å². The van der Waals surface area contributed by atoms with Gasteiger partial charge in [0.2, 0.25) is 0 Å². The molecule has 2 aromatic rings. The first-order chi connectivity index (χ1) is 11.8. The Hall–Kier alpha value is -1.10. The lowest BCUT2D eigenvalue weighted by Gasteiger charge is -2.12. The van der Waals surface area contributed by atoms with Crippen molar-refractivity contribution in [2.45, 2.75) is 14.7 Å². The van der Waals surface area contributed by atoms with Crippen molar-refractivity contribution in [2.75, 3.05) is 10.5 Å². The highest BCUT2D eigenvalue weighted by Gasteiger charge is 2.16. The number of carbonyl (C=O) groups excluding carboxylic acids is 1. The molecule has 0 radical (unpaired) electrons. The minimum Gasteiger partial charge on any atom is -0.564 e. The van der Waals surface area contributed by atoms with Gasteiger partial charge in [-0.25, -0.2) is 13.6 Å². The smallest absolute Gasteiger partial charge is 0.530 e. The lowest BCUT2D eigenvalue weighted by Crippen LogP contribution is -2.16. The highest BCUT2D eigenvalue weighted by molar-refractivity contribution is 7.99. The van der Waals surface area contributed by atoms with E-state index in [1.165, 1.54) is 17.8 Å². The SMILES string of the molecule is NS(=O)c1ccc(NS(=O)CC(=O)[OH2+])c(Sc2ccc(Cl)cc2Cl)c1. The van der Waals surface area contributed by atoms with Gasteiger partial charge in [0, 0.05) is 19.6 Å². The van der Waals surface area contributed by atoms with Crippen LogP contribution in [0.25, 0.3) is 0 Å². The first kappa shape index (κ1) is 20.2. The average molecular weight is 440 g/mol. The van der Waals surface area contributed by atoms with Crippen LogP contribution >= 0.6 is 35.0 Å². The fraction of sp³-hybridized carbons (Fsp3) is 0.0714. The molecule has 0 aliphatic rings. The Bertz CT molecular complexity index is 864. The molecule has 0 aliphatic heterocycles. The predicted octanol–water partition coefficient (Wildman–Crippen LogP) is 2.45. The van der Waals surface area contributed by atoms with Crippen molar-refractivity contribution in [3.63, 3.8) is 0 Å². The number of benzene rings is 2. The number of carbonyl (C=O) groups is 1. The molecule has 2 atom stereocenters. The van der Waals surface area contributed by atoms with Crippen molar-refractivity contribution in [1.82, 2.24) is 0 Å². The van der Waals surface area contributed by atoms with Crippen molar-refractivity contribution in [2.24, 2.45) is 5.14 Å². The van der Waals surface area contributed by atoms with E-state index < -0.39 is 33.7 Å². The quantitative estimate of drug-likeness (QED) is 0.644. The molecule has 25 heavy (non-hydrogen) atoms. The molecule has 2 aromatic carbocycles. The second kappa shape index (κ2) is 9.02. The van der Waals surface area contributed by atoms with Crippen LogP contribution in [0.3, 0.4) is 0 Å². The average Bonchev–Trinajstić information content (AvgIpc) is 2.50. The van der Waals surface area contributed by atoms with Crippen molar-refractivity contribution in [3.8, 4) is 0 Å². The molecule has 6 nitrogen and oxygen atoms in total. The number of halogens is 2. The van der Waals surface area contributed by atoms with E-state index in [4.69, 9.17) is 33.4 Å². The standard InChI is InChI=1S/C14H12Cl2N2O4S3/c15-8-1-4-12(10(16)5-8)23-13-6-9(25(17)22)2-3-11(13)18-24(21)7-14(19)20/h1-6,18H,7,17H2,(H,19,20)/p+1. The molecule has 0 saturated heterocycles. The molecule has 11 heteroatoms. The van der Waals surface area contributed by atoms with Crippen LogP contribution in [0.2, 0.25) is 10.0 Å². The molecule has 5 N–H and O–H groups in total. The fourth-order valence-electron chi connectivity index (χ4n) is 1.75. The number of rotatable bonds is 7. The van der Waals surface area contributed by atoms with Crippen LogP contribution in [0.15, 0.2) is 51.1 Å². The topological polar surface area (TPSA) is 112 Å². The summed E-state index contributed by atoms with van der Waals surface area (Å²) in [6, 6.07) is 9.62. The van der Waals surface area contributed by atoms with E-state index in [1.54, 1.807) is 30.3 Å². The Balaban J connectivity index is 2.37. The summed E-state index contributed by atoms with van der Waals surface area (Å²) in [4.78, 5) is 12.4. The third kappa shape index (κ3) is 5.98. The summed E-state index contributed by atoms with van der Waals surface area (Å²) in [5, 5.41) is 13.2. The van der Waals surface area contributed by atoms with Crippen molar-refractivity contribution in [1.29, 1.82) is 0 Å². The zero-order valence-corrected chi connectivity index (χ0v) is 16.4. The Morgan fingerprint density at radius 1 is 1.16 bits per heavy atom. The van der Waals surface area contributed by atoms with Crippen LogP contribution in [-0.2, 0) is 26.8 Å². The van der Waals surface area contributed by atoms with E-state index >= 15 is 0 Å². The molecule has 0 bridgehead atoms. The van der Waals surface area contributed by atoms with E-state index in [0.717, 1.165) is 0 Å². The number of hydrogen-bond donors (Lipinski definition) is 2. The maximum absolute atomic E-state index is 11.9. The first-order valence-corrected chi connectivity index (χ1v) is 10.7. The van der Waals surface area contributed by atoms with Gasteiger partial charge < -0.3 is 9.83 Å². The molecule has 0 spiro atoms. The predicted molar refractivity (Wildman–Crippen MR) is 103 cm³/mol. The number of nitrogens with two attached hydrogens (primary N) is 1. The second-order valence-corrected chi connectivity index (χ2v) is 8.82. The Kier molecular flexibility index (Phi) is 7.29. The zero-order chi connectivity index (χ0) is 18.6. The van der Waals surface area contributed by atoms with Crippen LogP contribution in [0.5, 0.6) is 0 Å². The molecule has 2 unspecified atom stereocenters. The van der Waals surface area contributed by atoms with Gasteiger partial charge in [-0.05, 0) is 36.4 Å². The second-order valence-electron chi connectivity index (χ2n) is 4.65. The van der Waals surface area contributed by atoms with Gasteiger partial charge in [0.05, 0.1) is 15.6 Å². The van der Waals surface area contributed by atoms with Crippen molar-refractivity contribution >= 4 is 68.6 Å². The highest BCUT2D eigenvalue weighted by atomic mass is 35.5. The van der Waals surface area contributed by atoms with Gasteiger partial charge >= 0.3 is 5.97 Å². The van der Waals surface area contributed by atoms with Gasteiger partial charge in [0.1, 0.15) is 22.0 Å². The maximum Gasteiger partial charge on any atom is 0.530 e. The van der Waals surface area contributed by atoms with E-state index in [0.29, 0.717) is 30.4 Å². The molecular weight excluding hydrogens is 427 g/mol. The van der Waals surface area contributed by atoms with Gasteiger partial charge in [-0.2, -0.15) is 0 Å². The largest absolute Gasteiger partial charge is 0.564 e. The van der Waals surface area contributed by atoms with E-state index in [1.807, 2.05) is 0 Å². The molecule has 0 aromatic heterocycles. The summed E-state index contributed by atoms with van der Waals surface area (Å²) in [5.41, 5.74) is 0.435. The van der Waals surface area contributed by atoms with Crippen LogP contribution in [0.1, 0.15) is 0 Å². The zero-order valence-electron chi connectivity index (χ0n) is 12.5. The lowest BCUT2D eigenvalue weighted by atomic mass is 10.3. The van der Waals surface area contributed by atoms with E-state index in [2.05, 4.69) is 4.72 Å². The molecular formula is C14H13Cl2N2O4S3+. The summed E-state index contributed by atoms with van der Waals surface area (Å²) in [5.74, 6) is -1.39. The molecule has 0 aliphatic carbocycles. The number of anilines is 1. The number of nitrogens with one attached hydrogen (secondary N) is 1. The molecule has 134 valence electrons. The minimum atomic E-state index is -1.76. The van der Waals surface area contributed by atoms with Gasteiger partial charge in [0.15, 0.2) is 5.75 Å². The summed E-state index contributed by atoms with van der Waals surface area (Å²) in [6.45, 7) is 0. The summed E-state index contributed by atoms with van der Waals surface area (Å²) in [6.07, 6.45) is 0. The van der Waals surface area contributed by atoms with Gasteiger partial charge in [-0.3, -0.25) is 0 Å². The fourth-order valence-corrected chi connectivity index (χ4v) is 4.53. The van der Waals surface area contributed by atoms with E-state index in [-0.39, 0.29) is 0 Å². The van der Waals surface area contributed by atoms with Crippen molar-refractivity contribution < 1.29 is 18.3 Å². The van der Waals surface area contributed by atoms with Gasteiger partial charge in [0.25, 0.3) is 0 Å². The van der Waals surface area contributed by atoms with E-state index in [9.17, 15) is 13.2 Å². The molecule has 0 amide bonds. The Morgan fingerprint density at radius 3 is 2.48 bits per heavy atom. The number of hydrogen-bond acceptors (Lipinski definition) is 4. The Labute approximate surface area is 163 Å². The third-order valence-corrected chi connectivity index (χ3v) is 6.27. The highest BCUT2D eigenvalue weighted by Crippen LogP contribution is 2.39. The normalized spacial score (nSPS) is 13.2. The summed E-state index contributed by atoms with van der Waals surface area (Å²) < 4.78 is 26.1. The van der Waals surface area contributed by atoms with Crippen LogP contribution in [0, 0.1) is 0 Å². The first-order valence-electron chi connectivity index (χ1n) is 6.59. The van der Waals surface area contributed by atoms with Gasteiger partial charge in [-0.1, -0.05) is 35.0 Å². The minimum absolute atomic E-state index is 0.375. The monoisotopic (exact) mass is 439 g/mol. The summed E-state index contributed by atoms with van der Waals surface area (Å²) in [7, 11) is -3.45. The van der Waals surface area contributed by atoms with Gasteiger partial charge in [-0.15, -0.1) is 0 Å². The summed E-state index contributed by atoms with van der Waals surface area (Å²) >= 11 is 13.3. The maximum atomic E-state index is 11.9. The third-order valence-electron chi connectivity index (χ3n) is 2.79. The molecule has 2 rings (SSSR count). The lowest BCUT2D eigenvalue weighted by molar-refractivity contribution is -0.133. The van der Waals surface area contributed by atoms with Crippen molar-refractivity contribution in [3.05, 3.63) is 46.4 Å². The van der Waals surface area contributed by atoms with Crippen LogP contribution < -0.4 is 9.86 Å². The molecule has 0 saturated carbocycles. The molecule has 0 fully saturated rings.